The van der Waals surface area contributed by atoms with Gasteiger partial charge in [-0.2, -0.15) is 0 Å². The van der Waals surface area contributed by atoms with E-state index in [1.165, 1.54) is 0 Å². The molecule has 1 N–H and O–H groups in total. The maximum atomic E-state index is 14.9. The Morgan fingerprint density at radius 3 is 2.39 bits per heavy atom. The molecule has 0 bridgehead atoms. The Hall–Kier alpha value is -3.84. The van der Waals surface area contributed by atoms with E-state index < -0.39 is 11.2 Å². The minimum absolute atomic E-state index is 0.0681. The van der Waals surface area contributed by atoms with Gasteiger partial charge in [-0.15, -0.1) is 0 Å². The number of rotatable bonds is 8. The van der Waals surface area contributed by atoms with Crippen molar-refractivity contribution in [1.29, 1.82) is 0 Å². The fourth-order valence-electron chi connectivity index (χ4n) is 7.13. The third-order valence-electron chi connectivity index (χ3n) is 9.38. The molecular weight excluding hydrogens is 574 g/mol. The van der Waals surface area contributed by atoms with Crippen LogP contribution in [0.4, 0.5) is 4.79 Å². The molecule has 7 heteroatoms. The predicted octanol–water partition coefficient (Wildman–Crippen LogP) is 7.34. The van der Waals surface area contributed by atoms with E-state index in [1.54, 1.807) is 4.90 Å². The van der Waals surface area contributed by atoms with E-state index in [0.717, 1.165) is 61.8 Å². The number of carbonyl (C=O) groups is 2. The maximum absolute atomic E-state index is 14.9. The Morgan fingerprint density at radius 2 is 1.70 bits per heavy atom. The first-order valence-corrected chi connectivity index (χ1v) is 17.1. The van der Waals surface area contributed by atoms with E-state index >= 15 is 0 Å². The highest BCUT2D eigenvalue weighted by molar-refractivity contribution is 6.04. The monoisotopic (exact) mass is 625 g/mol. The fraction of sp³-hybridized carbons (Fsp3) is 0.487. The second-order valence-electron chi connectivity index (χ2n) is 14.0. The predicted molar refractivity (Wildman–Crippen MR) is 184 cm³/mol. The van der Waals surface area contributed by atoms with Crippen LogP contribution in [0.25, 0.3) is 5.70 Å². The molecule has 2 aliphatic heterocycles. The molecule has 0 aromatic heterocycles. The molecule has 0 radical (unpaired) electrons. The Labute approximate surface area is 275 Å². The minimum atomic E-state index is -0.841. The summed E-state index contributed by atoms with van der Waals surface area (Å²) in [5.41, 5.74) is 2.03. The maximum Gasteiger partial charge on any atom is 0.410 e. The lowest BCUT2D eigenvalue weighted by atomic mass is 9.76. The molecule has 2 fully saturated rings. The third-order valence-corrected chi connectivity index (χ3v) is 9.38. The van der Waals surface area contributed by atoms with E-state index in [4.69, 9.17) is 4.74 Å². The quantitative estimate of drug-likeness (QED) is 0.332. The molecule has 2 amide bonds. The zero-order chi connectivity index (χ0) is 32.7. The van der Waals surface area contributed by atoms with E-state index in [0.29, 0.717) is 31.6 Å². The number of carbonyl (C=O) groups excluding carboxylic acids is 2. The largest absolute Gasteiger partial charge is 0.444 e. The van der Waals surface area contributed by atoms with Gasteiger partial charge in [0.15, 0.2) is 0 Å². The van der Waals surface area contributed by atoms with Crippen LogP contribution < -0.4 is 0 Å². The first-order chi connectivity index (χ1) is 22.1. The Bertz CT molecular complexity index is 1430. The number of hydrogen-bond donors (Lipinski definition) is 1. The molecule has 2 aromatic rings. The number of ether oxygens (including phenoxy) is 1. The van der Waals surface area contributed by atoms with Crippen molar-refractivity contribution in [2.75, 3.05) is 19.6 Å². The molecule has 2 aromatic carbocycles. The normalized spacial score (nSPS) is 23.8. The van der Waals surface area contributed by atoms with Gasteiger partial charge in [-0.05, 0) is 69.7 Å². The molecule has 3 atom stereocenters. The zero-order valence-corrected chi connectivity index (χ0v) is 28.0. The van der Waals surface area contributed by atoms with E-state index in [1.807, 2.05) is 86.5 Å². The van der Waals surface area contributed by atoms with Crippen LogP contribution in [0.15, 0.2) is 90.7 Å². The van der Waals surface area contributed by atoms with Gasteiger partial charge in [-0.25, -0.2) is 4.79 Å². The average Bonchev–Trinajstić information content (AvgIpc) is 3.27. The number of allylic oxidation sites excluding steroid dienone is 2. The van der Waals surface area contributed by atoms with Crippen molar-refractivity contribution in [3.05, 3.63) is 102 Å². The van der Waals surface area contributed by atoms with Crippen molar-refractivity contribution in [2.45, 2.75) is 102 Å². The van der Waals surface area contributed by atoms with Gasteiger partial charge in [0.1, 0.15) is 5.60 Å². The standard InChI is InChI=1S/C39H51N3O4/c1-5-6-23-39(45)24-15-13-22-34(39)42-25-16-14-21-33(35(42)31-19-11-8-12-20-31)36(43)41-27-26-40(37(44)46-38(2,3)4)29-32(41)28-30-17-9-7-10-18-30/h7-12,14,16-21,25,32,34,45H,5-6,13,15,22-24,26-29H2,1-4H3/t32-,34-,39+/m1/s1. The van der Waals surface area contributed by atoms with Crippen LogP contribution in [0.2, 0.25) is 0 Å². The lowest BCUT2D eigenvalue weighted by molar-refractivity contribution is -0.131. The Balaban J connectivity index is 1.55. The summed E-state index contributed by atoms with van der Waals surface area (Å²) in [6.07, 6.45) is 14.5. The molecule has 46 heavy (non-hydrogen) atoms. The zero-order valence-electron chi connectivity index (χ0n) is 28.0. The molecule has 0 spiro atoms. The highest BCUT2D eigenvalue weighted by Crippen LogP contribution is 2.41. The van der Waals surface area contributed by atoms with Gasteiger partial charge in [-0.1, -0.05) is 99.3 Å². The molecular formula is C39H51N3O4. The lowest BCUT2D eigenvalue weighted by Crippen LogP contribution is -2.58. The highest BCUT2D eigenvalue weighted by Gasteiger charge is 2.44. The van der Waals surface area contributed by atoms with Crippen molar-refractivity contribution in [1.82, 2.24) is 14.7 Å². The SMILES string of the molecule is CCCC[C@]1(O)CCCC[C@H]1N1C=CC=CC(C(=O)N2CCN(C(=O)OC(C)(C)C)C[C@H]2Cc2ccccc2)=C1c1ccccc1. The van der Waals surface area contributed by atoms with Crippen molar-refractivity contribution in [3.8, 4) is 0 Å². The first kappa shape index (κ1) is 33.5. The molecule has 7 nitrogen and oxygen atoms in total. The van der Waals surface area contributed by atoms with Crippen molar-refractivity contribution in [3.63, 3.8) is 0 Å². The molecule has 2 heterocycles. The van der Waals surface area contributed by atoms with Crippen molar-refractivity contribution >= 4 is 17.7 Å². The summed E-state index contributed by atoms with van der Waals surface area (Å²) >= 11 is 0. The molecule has 1 saturated carbocycles. The van der Waals surface area contributed by atoms with Gasteiger partial charge < -0.3 is 24.5 Å². The topological polar surface area (TPSA) is 73.3 Å². The van der Waals surface area contributed by atoms with Crippen LogP contribution in [-0.4, -0.2) is 74.7 Å². The lowest BCUT2D eigenvalue weighted by Gasteiger charge is -2.47. The van der Waals surface area contributed by atoms with Crippen LogP contribution >= 0.6 is 0 Å². The van der Waals surface area contributed by atoms with Crippen molar-refractivity contribution in [2.24, 2.45) is 0 Å². The fourth-order valence-corrected chi connectivity index (χ4v) is 7.13. The molecule has 0 unspecified atom stereocenters. The van der Waals surface area contributed by atoms with E-state index in [-0.39, 0.29) is 24.1 Å². The number of unbranched alkanes of at least 4 members (excludes halogenated alkanes) is 1. The summed E-state index contributed by atoms with van der Waals surface area (Å²) < 4.78 is 5.73. The summed E-state index contributed by atoms with van der Waals surface area (Å²) in [6, 6.07) is 19.9. The van der Waals surface area contributed by atoms with Gasteiger partial charge >= 0.3 is 6.09 Å². The van der Waals surface area contributed by atoms with Gasteiger partial charge in [-0.3, -0.25) is 4.79 Å². The van der Waals surface area contributed by atoms with Crippen LogP contribution in [0.3, 0.4) is 0 Å². The van der Waals surface area contributed by atoms with Crippen LogP contribution in [0.5, 0.6) is 0 Å². The summed E-state index contributed by atoms with van der Waals surface area (Å²) in [4.78, 5) is 34.0. The van der Waals surface area contributed by atoms with Gasteiger partial charge in [0.2, 0.25) is 0 Å². The summed E-state index contributed by atoms with van der Waals surface area (Å²) in [6.45, 7) is 8.95. The summed E-state index contributed by atoms with van der Waals surface area (Å²) in [7, 11) is 0. The minimum Gasteiger partial charge on any atom is -0.444 e. The third kappa shape index (κ3) is 7.92. The number of hydrogen-bond acceptors (Lipinski definition) is 5. The number of amides is 2. The Morgan fingerprint density at radius 1 is 0.978 bits per heavy atom. The number of nitrogens with zero attached hydrogens (tertiary/aromatic N) is 3. The molecule has 1 saturated heterocycles. The van der Waals surface area contributed by atoms with Crippen molar-refractivity contribution < 1.29 is 19.4 Å². The highest BCUT2D eigenvalue weighted by atomic mass is 16.6. The van der Waals surface area contributed by atoms with Crippen LogP contribution in [0, 0.1) is 0 Å². The average molecular weight is 626 g/mol. The first-order valence-electron chi connectivity index (χ1n) is 17.1. The van der Waals surface area contributed by atoms with Gasteiger partial charge in [0.05, 0.1) is 29.0 Å². The molecule has 246 valence electrons. The van der Waals surface area contributed by atoms with Crippen LogP contribution in [-0.2, 0) is 16.0 Å². The van der Waals surface area contributed by atoms with Crippen LogP contribution in [0.1, 0.15) is 83.8 Å². The number of aliphatic hydroxyl groups is 1. The molecule has 5 rings (SSSR count). The van der Waals surface area contributed by atoms with Gasteiger partial charge in [0.25, 0.3) is 5.91 Å². The van der Waals surface area contributed by atoms with E-state index in [2.05, 4.69) is 36.1 Å². The summed E-state index contributed by atoms with van der Waals surface area (Å²) in [5, 5.41) is 12.1. The number of piperazine rings is 1. The van der Waals surface area contributed by atoms with Gasteiger partial charge in [0, 0.05) is 25.8 Å². The second-order valence-corrected chi connectivity index (χ2v) is 14.0. The second kappa shape index (κ2) is 14.7. The molecule has 1 aliphatic carbocycles. The Kier molecular flexibility index (Phi) is 10.7. The molecule has 3 aliphatic rings. The smallest absolute Gasteiger partial charge is 0.410 e. The van der Waals surface area contributed by atoms with E-state index in [9.17, 15) is 14.7 Å². The number of benzene rings is 2. The summed E-state index contributed by atoms with van der Waals surface area (Å²) in [5.74, 6) is -0.0681.